The van der Waals surface area contributed by atoms with E-state index in [1.165, 1.54) is 7.11 Å². The maximum Gasteiger partial charge on any atom is 0.283 e. The average Bonchev–Trinajstić information content (AvgIpc) is 2.79. The molecule has 0 aromatic heterocycles. The number of methoxy groups -OCH3 is 1. The number of rotatable bonds is 4. The molecule has 1 aliphatic rings. The number of nitrogens with one attached hydrogen (secondary N) is 1. The van der Waals surface area contributed by atoms with Gasteiger partial charge in [-0.3, -0.25) is 9.59 Å². The van der Waals surface area contributed by atoms with Gasteiger partial charge in [-0.1, -0.05) is 35.4 Å². The minimum absolute atomic E-state index is 0.0422. The highest BCUT2D eigenvalue weighted by Crippen LogP contribution is 2.34. The molecule has 0 fully saturated rings. The van der Waals surface area contributed by atoms with E-state index in [0.29, 0.717) is 17.1 Å². The summed E-state index contributed by atoms with van der Waals surface area (Å²) in [7, 11) is 1.54. The number of amides is 2. The standard InChI is InChI=1S/C20H19ClN2O3/c1-11-5-7-15(13(3)9-11)23-19(24)17(21)18(20(23)25)22-14-10-12(2)6-8-16(14)26-4/h5-10,22H,1-4H3. The van der Waals surface area contributed by atoms with Gasteiger partial charge in [0.2, 0.25) is 0 Å². The van der Waals surface area contributed by atoms with Crippen molar-refractivity contribution in [2.24, 2.45) is 0 Å². The summed E-state index contributed by atoms with van der Waals surface area (Å²) in [6, 6.07) is 11.0. The molecule has 2 amide bonds. The smallest absolute Gasteiger partial charge is 0.283 e. The average molecular weight is 371 g/mol. The molecule has 1 N–H and O–H groups in total. The van der Waals surface area contributed by atoms with Gasteiger partial charge in [0.1, 0.15) is 16.5 Å². The number of carbonyl (C=O) groups is 2. The number of hydrogen-bond donors (Lipinski definition) is 1. The van der Waals surface area contributed by atoms with Gasteiger partial charge in [0, 0.05) is 0 Å². The zero-order valence-corrected chi connectivity index (χ0v) is 15.8. The summed E-state index contributed by atoms with van der Waals surface area (Å²) >= 11 is 6.20. The molecule has 0 aliphatic carbocycles. The molecule has 1 heterocycles. The lowest BCUT2D eigenvalue weighted by atomic mass is 10.1. The molecule has 2 aromatic rings. The molecule has 0 bridgehead atoms. The van der Waals surface area contributed by atoms with Crippen LogP contribution in [0.2, 0.25) is 0 Å². The van der Waals surface area contributed by atoms with Crippen molar-refractivity contribution in [1.82, 2.24) is 0 Å². The number of nitrogens with zero attached hydrogens (tertiary/aromatic N) is 1. The summed E-state index contributed by atoms with van der Waals surface area (Å²) in [4.78, 5) is 26.6. The number of hydrogen-bond acceptors (Lipinski definition) is 4. The van der Waals surface area contributed by atoms with Gasteiger partial charge in [-0.2, -0.15) is 0 Å². The Balaban J connectivity index is 1.98. The first kappa shape index (κ1) is 18.0. The normalized spacial score (nSPS) is 14.3. The quantitative estimate of drug-likeness (QED) is 0.825. The fourth-order valence-electron chi connectivity index (χ4n) is 2.94. The molecular formula is C20H19ClN2O3. The van der Waals surface area contributed by atoms with E-state index in [2.05, 4.69) is 5.32 Å². The van der Waals surface area contributed by atoms with Crippen LogP contribution in [0.25, 0.3) is 0 Å². The van der Waals surface area contributed by atoms with Crippen molar-refractivity contribution >= 4 is 34.8 Å². The fraction of sp³-hybridized carbons (Fsp3) is 0.200. The zero-order chi connectivity index (χ0) is 19.0. The van der Waals surface area contributed by atoms with E-state index in [1.807, 2.05) is 45.0 Å². The minimum Gasteiger partial charge on any atom is -0.495 e. The van der Waals surface area contributed by atoms with Gasteiger partial charge in [0.15, 0.2) is 0 Å². The number of benzene rings is 2. The predicted octanol–water partition coefficient (Wildman–Crippen LogP) is 4.06. The number of ether oxygens (including phenoxy) is 1. The van der Waals surface area contributed by atoms with Crippen LogP contribution in [0.15, 0.2) is 47.1 Å². The topological polar surface area (TPSA) is 58.6 Å². The van der Waals surface area contributed by atoms with Crippen LogP contribution in [0.5, 0.6) is 5.75 Å². The van der Waals surface area contributed by atoms with Crippen molar-refractivity contribution < 1.29 is 14.3 Å². The Morgan fingerprint density at radius 3 is 2.27 bits per heavy atom. The first-order valence-electron chi connectivity index (χ1n) is 8.11. The molecule has 26 heavy (non-hydrogen) atoms. The molecule has 0 radical (unpaired) electrons. The molecule has 3 rings (SSSR count). The second kappa shape index (κ2) is 6.84. The van der Waals surface area contributed by atoms with Gasteiger partial charge in [-0.15, -0.1) is 0 Å². The van der Waals surface area contributed by atoms with E-state index in [9.17, 15) is 9.59 Å². The zero-order valence-electron chi connectivity index (χ0n) is 15.0. The van der Waals surface area contributed by atoms with Crippen LogP contribution in [-0.2, 0) is 9.59 Å². The lowest BCUT2D eigenvalue weighted by Crippen LogP contribution is -2.32. The first-order chi connectivity index (χ1) is 12.3. The number of imide groups is 1. The van der Waals surface area contributed by atoms with Gasteiger partial charge in [-0.25, -0.2) is 4.90 Å². The summed E-state index contributed by atoms with van der Waals surface area (Å²) in [6.07, 6.45) is 0. The second-order valence-electron chi connectivity index (χ2n) is 6.25. The molecule has 0 saturated heterocycles. The third kappa shape index (κ3) is 3.06. The largest absolute Gasteiger partial charge is 0.495 e. The number of halogens is 1. The third-order valence-corrected chi connectivity index (χ3v) is 4.59. The molecule has 2 aromatic carbocycles. The van der Waals surface area contributed by atoms with E-state index in [1.54, 1.807) is 12.1 Å². The first-order valence-corrected chi connectivity index (χ1v) is 8.48. The molecule has 0 atom stereocenters. The summed E-state index contributed by atoms with van der Waals surface area (Å²) in [5, 5.41) is 2.83. The molecule has 0 unspecified atom stereocenters. The van der Waals surface area contributed by atoms with E-state index in [0.717, 1.165) is 21.6 Å². The number of anilines is 2. The van der Waals surface area contributed by atoms with Crippen molar-refractivity contribution in [2.75, 3.05) is 17.3 Å². The molecule has 0 spiro atoms. The van der Waals surface area contributed by atoms with Crippen LogP contribution >= 0.6 is 11.6 Å². The van der Waals surface area contributed by atoms with Gasteiger partial charge in [0.05, 0.1) is 18.5 Å². The lowest BCUT2D eigenvalue weighted by Gasteiger charge is -2.18. The summed E-state index contributed by atoms with van der Waals surface area (Å²) < 4.78 is 5.31. The van der Waals surface area contributed by atoms with Crippen molar-refractivity contribution in [3.63, 3.8) is 0 Å². The maximum atomic E-state index is 12.9. The van der Waals surface area contributed by atoms with Crippen molar-refractivity contribution in [2.45, 2.75) is 20.8 Å². The van der Waals surface area contributed by atoms with Gasteiger partial charge in [-0.05, 0) is 50.1 Å². The van der Waals surface area contributed by atoms with Gasteiger partial charge < -0.3 is 10.1 Å². The highest BCUT2D eigenvalue weighted by atomic mass is 35.5. The Morgan fingerprint density at radius 1 is 0.962 bits per heavy atom. The third-order valence-electron chi connectivity index (χ3n) is 4.24. The highest BCUT2D eigenvalue weighted by Gasteiger charge is 2.39. The van der Waals surface area contributed by atoms with E-state index < -0.39 is 11.8 Å². The van der Waals surface area contributed by atoms with Crippen molar-refractivity contribution in [3.05, 3.63) is 63.8 Å². The lowest BCUT2D eigenvalue weighted by molar-refractivity contribution is -0.120. The molecule has 1 aliphatic heterocycles. The molecule has 5 nitrogen and oxygen atoms in total. The molecule has 6 heteroatoms. The van der Waals surface area contributed by atoms with Crippen LogP contribution in [0.1, 0.15) is 16.7 Å². The Kier molecular flexibility index (Phi) is 4.74. The molecular weight excluding hydrogens is 352 g/mol. The van der Waals surface area contributed by atoms with Crippen molar-refractivity contribution in [1.29, 1.82) is 0 Å². The van der Waals surface area contributed by atoms with E-state index in [4.69, 9.17) is 16.3 Å². The van der Waals surface area contributed by atoms with Gasteiger partial charge >= 0.3 is 0 Å². The van der Waals surface area contributed by atoms with Crippen LogP contribution in [0, 0.1) is 20.8 Å². The SMILES string of the molecule is COc1ccc(C)cc1NC1=C(Cl)C(=O)N(c2ccc(C)cc2C)C1=O. The molecule has 134 valence electrons. The second-order valence-corrected chi connectivity index (χ2v) is 6.63. The van der Waals surface area contributed by atoms with Gasteiger partial charge in [0.25, 0.3) is 11.8 Å². The Morgan fingerprint density at radius 2 is 1.62 bits per heavy atom. The monoisotopic (exact) mass is 370 g/mol. The predicted molar refractivity (Wildman–Crippen MR) is 103 cm³/mol. The summed E-state index contributed by atoms with van der Waals surface area (Å²) in [6.45, 7) is 5.72. The van der Waals surface area contributed by atoms with Crippen LogP contribution in [-0.4, -0.2) is 18.9 Å². The van der Waals surface area contributed by atoms with E-state index in [-0.39, 0.29) is 10.7 Å². The van der Waals surface area contributed by atoms with Crippen LogP contribution in [0.4, 0.5) is 11.4 Å². The Hall–Kier alpha value is -2.79. The van der Waals surface area contributed by atoms with Crippen LogP contribution < -0.4 is 15.0 Å². The van der Waals surface area contributed by atoms with E-state index >= 15 is 0 Å². The number of carbonyl (C=O) groups excluding carboxylic acids is 2. The Bertz CT molecular complexity index is 950. The minimum atomic E-state index is -0.544. The Labute approximate surface area is 157 Å². The highest BCUT2D eigenvalue weighted by molar-refractivity contribution is 6.53. The molecule has 0 saturated carbocycles. The maximum absolute atomic E-state index is 12.9. The van der Waals surface area contributed by atoms with Crippen LogP contribution in [0.3, 0.4) is 0 Å². The number of aryl methyl sites for hydroxylation is 3. The summed E-state index contributed by atoms with van der Waals surface area (Å²) in [5.74, 6) is -0.481. The summed E-state index contributed by atoms with van der Waals surface area (Å²) in [5.41, 5.74) is 3.99. The fourth-order valence-corrected chi connectivity index (χ4v) is 3.15. The van der Waals surface area contributed by atoms with Crippen molar-refractivity contribution in [3.8, 4) is 5.75 Å².